The van der Waals surface area contributed by atoms with E-state index in [0.717, 1.165) is 43.2 Å². The zero-order chi connectivity index (χ0) is 23.4. The molecule has 0 saturated heterocycles. The Bertz CT molecular complexity index is 1140. The molecular formula is C22H26N4O5S2. The van der Waals surface area contributed by atoms with Crippen molar-refractivity contribution in [2.75, 3.05) is 6.54 Å². The van der Waals surface area contributed by atoms with E-state index in [-0.39, 0.29) is 23.4 Å². The molecule has 0 atom stereocenters. The number of hydrogen-bond acceptors (Lipinski definition) is 6. The number of urea groups is 2. The van der Waals surface area contributed by atoms with Crippen LogP contribution in [0.15, 0.2) is 40.6 Å². The van der Waals surface area contributed by atoms with Crippen LogP contribution in [-0.4, -0.2) is 43.9 Å². The molecule has 0 unspecified atom stereocenters. The molecule has 1 aromatic carbocycles. The van der Waals surface area contributed by atoms with Gasteiger partial charge >= 0.3 is 12.1 Å². The Morgan fingerprint density at radius 1 is 1.06 bits per heavy atom. The van der Waals surface area contributed by atoms with Gasteiger partial charge < -0.3 is 10.6 Å². The molecule has 0 radical (unpaired) electrons. The summed E-state index contributed by atoms with van der Waals surface area (Å²) >= 11 is 1.33. The van der Waals surface area contributed by atoms with Crippen LogP contribution in [0.3, 0.4) is 0 Å². The van der Waals surface area contributed by atoms with E-state index < -0.39 is 22.1 Å². The Morgan fingerprint density at radius 2 is 1.79 bits per heavy atom. The number of nitrogens with zero attached hydrogens (tertiary/aromatic N) is 1. The van der Waals surface area contributed by atoms with Crippen molar-refractivity contribution in [3.63, 3.8) is 0 Å². The van der Waals surface area contributed by atoms with Crippen LogP contribution in [0.25, 0.3) is 0 Å². The van der Waals surface area contributed by atoms with Crippen molar-refractivity contribution in [1.29, 1.82) is 0 Å². The smallest absolute Gasteiger partial charge is 0.328 e. The lowest BCUT2D eigenvalue weighted by atomic mass is 9.96. The summed E-state index contributed by atoms with van der Waals surface area (Å²) in [5, 5.41) is 7.29. The number of thiophene rings is 1. The maximum Gasteiger partial charge on any atom is 0.328 e. The number of rotatable bonds is 6. The van der Waals surface area contributed by atoms with Gasteiger partial charge in [0.15, 0.2) is 0 Å². The number of nitrogens with one attached hydrogen (secondary N) is 3. The van der Waals surface area contributed by atoms with Crippen molar-refractivity contribution in [1.82, 2.24) is 20.3 Å². The van der Waals surface area contributed by atoms with Gasteiger partial charge in [0.05, 0.1) is 16.3 Å². The number of amides is 5. The van der Waals surface area contributed by atoms with Gasteiger partial charge in [0.1, 0.15) is 0 Å². The van der Waals surface area contributed by atoms with Gasteiger partial charge in [-0.15, -0.1) is 11.3 Å². The highest BCUT2D eigenvalue weighted by Crippen LogP contribution is 2.27. The van der Waals surface area contributed by atoms with Crippen LogP contribution in [0.5, 0.6) is 0 Å². The van der Waals surface area contributed by atoms with Crippen molar-refractivity contribution in [3.8, 4) is 0 Å². The Kier molecular flexibility index (Phi) is 6.99. The summed E-state index contributed by atoms with van der Waals surface area (Å²) in [4.78, 5) is 38.4. The minimum atomic E-state index is -3.97. The Hall–Kier alpha value is -2.92. The lowest BCUT2D eigenvalue weighted by Crippen LogP contribution is -2.45. The molecule has 1 fully saturated rings. The van der Waals surface area contributed by atoms with Crippen molar-refractivity contribution < 1.29 is 22.8 Å². The van der Waals surface area contributed by atoms with Gasteiger partial charge in [0.25, 0.3) is 15.9 Å². The number of sulfonamides is 1. The standard InChI is InChI=1S/C22H26N4O5S2/c27-20-19-16(11-13-32-19)14-26(20)22(29)23-12-10-15-6-8-18(9-7-15)33(30,31)25-21(28)24-17-4-2-1-3-5-17/h6-9,11,13,17H,1-5,10,12,14H2,(H,23,29)(H2,24,25,28). The largest absolute Gasteiger partial charge is 0.337 e. The minimum absolute atomic E-state index is 0.00870. The number of imide groups is 1. The maximum absolute atomic E-state index is 12.5. The molecule has 0 bridgehead atoms. The quantitative estimate of drug-likeness (QED) is 0.574. The third kappa shape index (κ3) is 5.53. The van der Waals surface area contributed by atoms with Gasteiger partial charge in [-0.05, 0) is 54.0 Å². The molecule has 2 heterocycles. The normalized spacial score (nSPS) is 16.4. The summed E-state index contributed by atoms with van der Waals surface area (Å²) < 4.78 is 27.0. The average Bonchev–Trinajstić information content (AvgIpc) is 3.37. The van der Waals surface area contributed by atoms with E-state index in [9.17, 15) is 22.8 Å². The second kappa shape index (κ2) is 9.92. The van der Waals surface area contributed by atoms with Gasteiger partial charge in [-0.1, -0.05) is 31.4 Å². The lowest BCUT2D eigenvalue weighted by molar-refractivity contribution is 0.0824. The monoisotopic (exact) mass is 490 g/mol. The number of carbonyl (C=O) groups excluding carboxylic acids is 3. The first kappa shape index (κ1) is 23.2. The van der Waals surface area contributed by atoms with E-state index in [0.29, 0.717) is 17.8 Å². The molecule has 3 N–H and O–H groups in total. The van der Waals surface area contributed by atoms with Crippen LogP contribution < -0.4 is 15.4 Å². The Labute approximate surface area is 196 Å². The third-order valence-corrected chi connectivity index (χ3v) is 8.14. The number of fused-ring (bicyclic) bond motifs is 1. The molecule has 4 rings (SSSR count). The maximum atomic E-state index is 12.5. The summed E-state index contributed by atoms with van der Waals surface area (Å²) in [5.41, 5.74) is 1.67. The van der Waals surface area contributed by atoms with Crippen LogP contribution in [0.1, 0.15) is 52.9 Å². The Morgan fingerprint density at radius 3 is 2.48 bits per heavy atom. The number of benzene rings is 1. The summed E-state index contributed by atoms with van der Waals surface area (Å²) in [6.45, 7) is 0.571. The first-order valence-electron chi connectivity index (χ1n) is 10.9. The second-order valence-corrected chi connectivity index (χ2v) is 10.8. The topological polar surface area (TPSA) is 125 Å². The van der Waals surface area contributed by atoms with Crippen LogP contribution in [-0.2, 0) is 23.0 Å². The summed E-state index contributed by atoms with van der Waals surface area (Å²) in [6.07, 6.45) is 5.39. The molecule has 2 aliphatic rings. The molecule has 0 spiro atoms. The van der Waals surface area contributed by atoms with E-state index in [1.165, 1.54) is 28.4 Å². The number of carbonyl (C=O) groups is 3. The highest BCUT2D eigenvalue weighted by molar-refractivity contribution is 7.90. The van der Waals surface area contributed by atoms with E-state index in [1.54, 1.807) is 12.1 Å². The predicted octanol–water partition coefficient (Wildman–Crippen LogP) is 2.98. The van der Waals surface area contributed by atoms with Crippen LogP contribution in [0.2, 0.25) is 0 Å². The molecule has 1 aromatic heterocycles. The highest BCUT2D eigenvalue weighted by Gasteiger charge is 2.32. The fourth-order valence-electron chi connectivity index (χ4n) is 4.06. The lowest BCUT2D eigenvalue weighted by Gasteiger charge is -2.22. The van der Waals surface area contributed by atoms with Gasteiger partial charge in [0.2, 0.25) is 0 Å². The molecule has 2 aromatic rings. The molecule has 176 valence electrons. The first-order valence-corrected chi connectivity index (χ1v) is 13.3. The fraction of sp³-hybridized carbons (Fsp3) is 0.409. The van der Waals surface area contributed by atoms with Gasteiger partial charge in [-0.3, -0.25) is 9.69 Å². The SMILES string of the molecule is O=C(NC1CCCCC1)NS(=O)(=O)c1ccc(CCNC(=O)N2Cc3ccsc3C2=O)cc1. The third-order valence-electron chi connectivity index (χ3n) is 5.85. The zero-order valence-corrected chi connectivity index (χ0v) is 19.6. The van der Waals surface area contributed by atoms with E-state index in [1.807, 2.05) is 11.4 Å². The molecule has 1 saturated carbocycles. The van der Waals surface area contributed by atoms with E-state index >= 15 is 0 Å². The van der Waals surface area contributed by atoms with Crippen LogP contribution in [0.4, 0.5) is 9.59 Å². The van der Waals surface area contributed by atoms with Gasteiger partial charge in [-0.25, -0.2) is 22.7 Å². The molecule has 5 amide bonds. The van der Waals surface area contributed by atoms with Crippen molar-refractivity contribution in [3.05, 3.63) is 51.7 Å². The second-order valence-electron chi connectivity index (χ2n) is 8.21. The fourth-order valence-corrected chi connectivity index (χ4v) is 5.84. The van der Waals surface area contributed by atoms with Crippen LogP contribution >= 0.6 is 11.3 Å². The van der Waals surface area contributed by atoms with Crippen molar-refractivity contribution in [2.24, 2.45) is 0 Å². The van der Waals surface area contributed by atoms with Crippen LogP contribution in [0, 0.1) is 0 Å². The molecule has 33 heavy (non-hydrogen) atoms. The number of hydrogen-bond donors (Lipinski definition) is 3. The molecule has 1 aliphatic heterocycles. The van der Waals surface area contributed by atoms with Gasteiger partial charge in [-0.2, -0.15) is 0 Å². The predicted molar refractivity (Wildman–Crippen MR) is 123 cm³/mol. The van der Waals surface area contributed by atoms with Crippen molar-refractivity contribution >= 4 is 39.3 Å². The Balaban J connectivity index is 1.24. The van der Waals surface area contributed by atoms with Crippen molar-refractivity contribution in [2.45, 2.75) is 56.0 Å². The van der Waals surface area contributed by atoms with E-state index in [4.69, 9.17) is 0 Å². The molecule has 1 aliphatic carbocycles. The first-order chi connectivity index (χ1) is 15.8. The summed E-state index contributed by atoms with van der Waals surface area (Å²) in [6, 6.07) is 6.82. The molecule has 11 heteroatoms. The summed E-state index contributed by atoms with van der Waals surface area (Å²) in [5.74, 6) is -0.285. The van der Waals surface area contributed by atoms with E-state index in [2.05, 4.69) is 15.4 Å². The molecular weight excluding hydrogens is 464 g/mol. The summed E-state index contributed by atoms with van der Waals surface area (Å²) in [7, 11) is -3.97. The molecule has 9 nitrogen and oxygen atoms in total. The zero-order valence-electron chi connectivity index (χ0n) is 18.0. The van der Waals surface area contributed by atoms with Gasteiger partial charge in [0, 0.05) is 12.6 Å². The average molecular weight is 491 g/mol. The minimum Gasteiger partial charge on any atom is -0.337 e. The highest BCUT2D eigenvalue weighted by atomic mass is 32.2.